The fourth-order valence-corrected chi connectivity index (χ4v) is 3.57. The molecule has 5 nitrogen and oxygen atoms in total. The number of carbonyl (C=O) groups excluding carboxylic acids is 1. The molecule has 0 spiro atoms. The van der Waals surface area contributed by atoms with E-state index >= 15 is 0 Å². The maximum atomic E-state index is 13.2. The number of piperazine rings is 1. The normalized spacial score (nSPS) is 15.6. The van der Waals surface area contributed by atoms with Crippen molar-refractivity contribution in [2.75, 3.05) is 32.7 Å². The Balaban J connectivity index is 1.81. The molecule has 1 aliphatic rings. The van der Waals surface area contributed by atoms with Crippen molar-refractivity contribution in [2.45, 2.75) is 27.2 Å². The van der Waals surface area contributed by atoms with Gasteiger partial charge >= 0.3 is 0 Å². The third-order valence-corrected chi connectivity index (χ3v) is 4.94. The van der Waals surface area contributed by atoms with Crippen molar-refractivity contribution in [1.29, 1.82) is 0 Å². The van der Waals surface area contributed by atoms with Gasteiger partial charge < -0.3 is 9.80 Å². The summed E-state index contributed by atoms with van der Waals surface area (Å²) in [5, 5.41) is 4.51. The minimum atomic E-state index is -0.283. The summed E-state index contributed by atoms with van der Waals surface area (Å²) >= 11 is 0. The van der Waals surface area contributed by atoms with Crippen LogP contribution in [0.1, 0.15) is 35.1 Å². The first-order valence-corrected chi connectivity index (χ1v) is 8.96. The van der Waals surface area contributed by atoms with E-state index in [1.807, 2.05) is 18.7 Å². The first-order chi connectivity index (χ1) is 12.0. The van der Waals surface area contributed by atoms with Crippen LogP contribution in [-0.2, 0) is 0 Å². The number of amides is 1. The molecule has 1 saturated heterocycles. The van der Waals surface area contributed by atoms with Crippen LogP contribution in [0, 0.1) is 19.7 Å². The third kappa shape index (κ3) is 3.58. The lowest BCUT2D eigenvalue weighted by Crippen LogP contribution is -3.14. The van der Waals surface area contributed by atoms with Crippen LogP contribution in [-0.4, -0.2) is 53.3 Å². The molecule has 1 aromatic carbocycles. The van der Waals surface area contributed by atoms with Gasteiger partial charge in [-0.25, -0.2) is 9.07 Å². The van der Waals surface area contributed by atoms with Crippen LogP contribution in [0.5, 0.6) is 0 Å². The number of hydrogen-bond acceptors (Lipinski definition) is 2. The van der Waals surface area contributed by atoms with Crippen molar-refractivity contribution >= 4 is 5.91 Å². The van der Waals surface area contributed by atoms with Gasteiger partial charge in [-0.3, -0.25) is 4.79 Å². The number of aryl methyl sites for hydroxylation is 1. The maximum absolute atomic E-state index is 13.2. The van der Waals surface area contributed by atoms with Crippen molar-refractivity contribution in [3.05, 3.63) is 47.0 Å². The molecule has 6 heteroatoms. The molecular weight excluding hydrogens is 319 g/mol. The zero-order valence-electron chi connectivity index (χ0n) is 15.2. The van der Waals surface area contributed by atoms with E-state index in [-0.39, 0.29) is 11.7 Å². The van der Waals surface area contributed by atoms with E-state index in [0.717, 1.165) is 43.3 Å². The van der Waals surface area contributed by atoms with E-state index in [1.165, 1.54) is 25.1 Å². The predicted octanol–water partition coefficient (Wildman–Crippen LogP) is 1.38. The molecule has 1 N–H and O–H groups in total. The van der Waals surface area contributed by atoms with Gasteiger partial charge in [-0.2, -0.15) is 5.10 Å². The standard InChI is InChI=1S/C19H25FN4O/c1-4-9-22-10-12-23(13-11-22)19(25)18-14(2)21-24(15(18)3)17-7-5-16(20)6-8-17/h5-8H,4,9-13H2,1-3H3/p+1. The molecule has 0 saturated carbocycles. The third-order valence-electron chi connectivity index (χ3n) is 4.94. The van der Waals surface area contributed by atoms with Crippen LogP contribution in [0.15, 0.2) is 24.3 Å². The van der Waals surface area contributed by atoms with Gasteiger partial charge in [-0.05, 0) is 44.5 Å². The summed E-state index contributed by atoms with van der Waals surface area (Å²) in [6.07, 6.45) is 1.17. The number of carbonyl (C=O) groups is 1. The van der Waals surface area contributed by atoms with Gasteiger partial charge in [0, 0.05) is 0 Å². The van der Waals surface area contributed by atoms with Crippen molar-refractivity contribution in [3.63, 3.8) is 0 Å². The second-order valence-electron chi connectivity index (χ2n) is 6.73. The monoisotopic (exact) mass is 345 g/mol. The average Bonchev–Trinajstić information content (AvgIpc) is 2.90. The van der Waals surface area contributed by atoms with Gasteiger partial charge in [0.05, 0.1) is 55.4 Å². The van der Waals surface area contributed by atoms with E-state index in [2.05, 4.69) is 12.0 Å². The molecule has 0 radical (unpaired) electrons. The maximum Gasteiger partial charge on any atom is 0.258 e. The fourth-order valence-electron chi connectivity index (χ4n) is 3.57. The summed E-state index contributed by atoms with van der Waals surface area (Å²) in [7, 11) is 0. The van der Waals surface area contributed by atoms with Gasteiger partial charge in [-0.15, -0.1) is 0 Å². The zero-order chi connectivity index (χ0) is 18.0. The number of hydrogen-bond donors (Lipinski definition) is 1. The molecule has 0 bridgehead atoms. The molecule has 1 amide bonds. The Hall–Kier alpha value is -2.21. The molecule has 0 atom stereocenters. The highest BCUT2D eigenvalue weighted by Crippen LogP contribution is 2.20. The first-order valence-electron chi connectivity index (χ1n) is 8.96. The SMILES string of the molecule is CCC[NH+]1CCN(C(=O)c2c(C)nn(-c3ccc(F)cc3)c2C)CC1. The molecule has 1 aliphatic heterocycles. The molecule has 1 aromatic heterocycles. The predicted molar refractivity (Wildman–Crippen MR) is 94.8 cm³/mol. The molecule has 0 unspecified atom stereocenters. The summed E-state index contributed by atoms with van der Waals surface area (Å²) in [5.41, 5.74) is 2.95. The molecular formula is C19H26FN4O+. The first kappa shape index (κ1) is 17.6. The number of aromatic nitrogens is 2. The Morgan fingerprint density at radius 2 is 1.84 bits per heavy atom. The smallest absolute Gasteiger partial charge is 0.258 e. The van der Waals surface area contributed by atoms with Gasteiger partial charge in [0.15, 0.2) is 0 Å². The van der Waals surface area contributed by atoms with Gasteiger partial charge in [0.1, 0.15) is 5.82 Å². The summed E-state index contributed by atoms with van der Waals surface area (Å²) in [4.78, 5) is 16.5. The molecule has 0 aliphatic carbocycles. The summed E-state index contributed by atoms with van der Waals surface area (Å²) in [6.45, 7) is 10.7. The lowest BCUT2D eigenvalue weighted by molar-refractivity contribution is -0.904. The Bertz CT molecular complexity index is 746. The lowest BCUT2D eigenvalue weighted by Gasteiger charge is -2.32. The average molecular weight is 345 g/mol. The quantitative estimate of drug-likeness (QED) is 0.910. The number of nitrogens with zero attached hydrogens (tertiary/aromatic N) is 3. The lowest BCUT2D eigenvalue weighted by atomic mass is 10.1. The van der Waals surface area contributed by atoms with Crippen molar-refractivity contribution < 1.29 is 14.1 Å². The number of halogens is 1. The van der Waals surface area contributed by atoms with E-state index in [0.29, 0.717) is 5.56 Å². The molecule has 134 valence electrons. The van der Waals surface area contributed by atoms with Crippen LogP contribution in [0.2, 0.25) is 0 Å². The number of quaternary nitrogens is 1. The van der Waals surface area contributed by atoms with Crippen LogP contribution in [0.4, 0.5) is 4.39 Å². The summed E-state index contributed by atoms with van der Waals surface area (Å²) < 4.78 is 14.9. The van der Waals surface area contributed by atoms with Crippen LogP contribution in [0.25, 0.3) is 5.69 Å². The summed E-state index contributed by atoms with van der Waals surface area (Å²) in [6, 6.07) is 6.16. The second-order valence-corrected chi connectivity index (χ2v) is 6.73. The topological polar surface area (TPSA) is 42.6 Å². The highest BCUT2D eigenvalue weighted by Gasteiger charge is 2.28. The van der Waals surface area contributed by atoms with E-state index in [1.54, 1.807) is 21.7 Å². The van der Waals surface area contributed by atoms with Crippen LogP contribution in [0.3, 0.4) is 0 Å². The number of rotatable bonds is 4. The minimum absolute atomic E-state index is 0.0545. The Labute approximate surface area is 148 Å². The fraction of sp³-hybridized carbons (Fsp3) is 0.474. The van der Waals surface area contributed by atoms with Crippen LogP contribution < -0.4 is 4.90 Å². The molecule has 25 heavy (non-hydrogen) atoms. The molecule has 1 fully saturated rings. The molecule has 2 aromatic rings. The number of benzene rings is 1. The van der Waals surface area contributed by atoms with E-state index < -0.39 is 0 Å². The van der Waals surface area contributed by atoms with Crippen LogP contribution >= 0.6 is 0 Å². The zero-order valence-corrected chi connectivity index (χ0v) is 15.2. The van der Waals surface area contributed by atoms with Crippen molar-refractivity contribution in [2.24, 2.45) is 0 Å². The Morgan fingerprint density at radius 3 is 2.44 bits per heavy atom. The highest BCUT2D eigenvalue weighted by atomic mass is 19.1. The number of nitrogens with one attached hydrogen (secondary N) is 1. The second kappa shape index (κ2) is 7.35. The van der Waals surface area contributed by atoms with Gasteiger partial charge in [0.25, 0.3) is 5.91 Å². The van der Waals surface area contributed by atoms with Gasteiger partial charge in [0.2, 0.25) is 0 Å². The molecule has 2 heterocycles. The van der Waals surface area contributed by atoms with Crippen molar-refractivity contribution in [1.82, 2.24) is 14.7 Å². The van der Waals surface area contributed by atoms with Gasteiger partial charge in [-0.1, -0.05) is 6.92 Å². The Kier molecular flexibility index (Phi) is 5.18. The van der Waals surface area contributed by atoms with E-state index in [4.69, 9.17) is 0 Å². The molecule has 3 rings (SSSR count). The summed E-state index contributed by atoms with van der Waals surface area (Å²) in [5.74, 6) is -0.229. The van der Waals surface area contributed by atoms with Crippen molar-refractivity contribution in [3.8, 4) is 5.69 Å². The Morgan fingerprint density at radius 1 is 1.20 bits per heavy atom. The highest BCUT2D eigenvalue weighted by molar-refractivity contribution is 5.96. The minimum Gasteiger partial charge on any atom is -0.332 e. The van der Waals surface area contributed by atoms with E-state index in [9.17, 15) is 9.18 Å². The largest absolute Gasteiger partial charge is 0.332 e.